The van der Waals surface area contributed by atoms with E-state index in [4.69, 9.17) is 27.1 Å². The van der Waals surface area contributed by atoms with E-state index in [2.05, 4.69) is 25.9 Å². The first kappa shape index (κ1) is 25.1. The number of carboxylic acid groups (broad SMARTS) is 1. The number of primary amides is 1. The Balaban J connectivity index is 0.000000458. The monoisotopic (exact) mass is 400 g/mol. The molecule has 158 valence electrons. The Labute approximate surface area is 161 Å². The van der Waals surface area contributed by atoms with Gasteiger partial charge in [-0.15, -0.1) is 5.10 Å². The number of nitrogens with zero attached hydrogens (tertiary/aromatic N) is 5. The van der Waals surface area contributed by atoms with Gasteiger partial charge in [0.05, 0.1) is 0 Å². The lowest BCUT2D eigenvalue weighted by Crippen LogP contribution is -2.32. The molecule has 9 N–H and O–H groups in total. The molecule has 0 unspecified atom stereocenters. The number of imidazole rings is 1. The number of hydrogen-bond acceptors (Lipinski definition) is 10. The maximum atomic E-state index is 11.4. The van der Waals surface area contributed by atoms with E-state index in [-0.39, 0.29) is 11.3 Å². The highest BCUT2D eigenvalue weighted by atomic mass is 16.4. The SMILES string of the molecule is CC(=O)O.Cn1nnc2c(C(N)=O)ncn2c1=O.NCCNCCNCCN. The van der Waals surface area contributed by atoms with E-state index in [1.807, 2.05) is 0 Å². The molecule has 0 bridgehead atoms. The summed E-state index contributed by atoms with van der Waals surface area (Å²) in [7, 11) is 1.44. The van der Waals surface area contributed by atoms with Crippen molar-refractivity contribution in [3.8, 4) is 0 Å². The van der Waals surface area contributed by atoms with Gasteiger partial charge in [0.2, 0.25) is 0 Å². The van der Waals surface area contributed by atoms with Crippen LogP contribution in [0, 0.1) is 0 Å². The minimum Gasteiger partial charge on any atom is -0.481 e. The highest BCUT2D eigenvalue weighted by molar-refractivity contribution is 5.96. The molecule has 0 saturated heterocycles. The summed E-state index contributed by atoms with van der Waals surface area (Å²) in [5.74, 6) is -1.57. The summed E-state index contributed by atoms with van der Waals surface area (Å²) in [6, 6.07) is 0. The van der Waals surface area contributed by atoms with E-state index >= 15 is 0 Å². The van der Waals surface area contributed by atoms with Crippen LogP contribution in [0.5, 0.6) is 0 Å². The highest BCUT2D eigenvalue weighted by Gasteiger charge is 2.13. The van der Waals surface area contributed by atoms with Gasteiger partial charge in [0.1, 0.15) is 6.33 Å². The number of aliphatic carboxylic acids is 1. The fraction of sp³-hybridized carbons (Fsp3) is 0.571. The summed E-state index contributed by atoms with van der Waals surface area (Å²) >= 11 is 0. The zero-order valence-electron chi connectivity index (χ0n) is 16.0. The average Bonchev–Trinajstić information content (AvgIpc) is 3.06. The summed E-state index contributed by atoms with van der Waals surface area (Å²) < 4.78 is 2.13. The number of nitrogens with two attached hydrogens (primary N) is 3. The van der Waals surface area contributed by atoms with Gasteiger partial charge in [-0.25, -0.2) is 14.2 Å². The molecule has 0 saturated carbocycles. The largest absolute Gasteiger partial charge is 0.481 e. The summed E-state index contributed by atoms with van der Waals surface area (Å²) in [5.41, 5.74) is 15.1. The number of nitrogens with one attached hydrogen (secondary N) is 2. The average molecular weight is 400 g/mol. The fourth-order valence-electron chi connectivity index (χ4n) is 1.69. The Morgan fingerprint density at radius 3 is 2.07 bits per heavy atom. The minimum absolute atomic E-state index is 0.0600. The molecule has 0 aromatic carbocycles. The van der Waals surface area contributed by atoms with Crippen molar-refractivity contribution in [2.45, 2.75) is 6.92 Å². The van der Waals surface area contributed by atoms with Crippen LogP contribution in [-0.2, 0) is 11.8 Å². The molecule has 2 heterocycles. The Morgan fingerprint density at radius 2 is 1.64 bits per heavy atom. The van der Waals surface area contributed by atoms with Crippen molar-refractivity contribution < 1.29 is 14.7 Å². The molecule has 2 aromatic rings. The fourth-order valence-corrected chi connectivity index (χ4v) is 1.69. The molecule has 0 aliphatic rings. The Bertz CT molecular complexity index is 776. The number of carbonyl (C=O) groups is 2. The van der Waals surface area contributed by atoms with E-state index in [1.54, 1.807) is 0 Å². The van der Waals surface area contributed by atoms with E-state index in [0.29, 0.717) is 13.1 Å². The molecule has 0 spiro atoms. The molecular weight excluding hydrogens is 372 g/mol. The van der Waals surface area contributed by atoms with Crippen molar-refractivity contribution in [3.05, 3.63) is 22.5 Å². The van der Waals surface area contributed by atoms with E-state index in [1.165, 1.54) is 13.4 Å². The Hall–Kier alpha value is -2.94. The van der Waals surface area contributed by atoms with Gasteiger partial charge in [0, 0.05) is 53.2 Å². The third-order valence-corrected chi connectivity index (χ3v) is 2.85. The van der Waals surface area contributed by atoms with Crippen molar-refractivity contribution >= 4 is 17.5 Å². The molecule has 1 amide bonds. The number of hydrogen-bond donors (Lipinski definition) is 6. The van der Waals surface area contributed by atoms with Crippen LogP contribution in [-0.4, -0.2) is 80.6 Å². The molecular formula is C14H28N10O4. The van der Waals surface area contributed by atoms with Gasteiger partial charge in [-0.2, -0.15) is 4.68 Å². The van der Waals surface area contributed by atoms with Crippen molar-refractivity contribution in [1.82, 2.24) is 35.0 Å². The van der Waals surface area contributed by atoms with Crippen LogP contribution in [0.4, 0.5) is 0 Å². The first-order chi connectivity index (χ1) is 13.3. The second-order valence-corrected chi connectivity index (χ2v) is 5.24. The smallest absolute Gasteiger partial charge is 0.352 e. The van der Waals surface area contributed by atoms with Crippen molar-refractivity contribution in [3.63, 3.8) is 0 Å². The van der Waals surface area contributed by atoms with Crippen LogP contribution in [0.25, 0.3) is 5.65 Å². The molecule has 0 radical (unpaired) electrons. The van der Waals surface area contributed by atoms with E-state index < -0.39 is 17.6 Å². The minimum atomic E-state index is -0.833. The van der Waals surface area contributed by atoms with Crippen molar-refractivity contribution in [2.75, 3.05) is 39.3 Å². The maximum absolute atomic E-state index is 11.4. The number of aromatic nitrogens is 5. The summed E-state index contributed by atoms with van der Waals surface area (Å²) in [6.45, 7) is 6.22. The summed E-state index contributed by atoms with van der Waals surface area (Å²) in [5, 5.41) is 20.9. The number of rotatable bonds is 8. The van der Waals surface area contributed by atoms with Gasteiger partial charge in [-0.1, -0.05) is 5.21 Å². The molecule has 2 rings (SSSR count). The van der Waals surface area contributed by atoms with Gasteiger partial charge in [0.25, 0.3) is 11.9 Å². The van der Waals surface area contributed by atoms with Crippen LogP contribution in [0.3, 0.4) is 0 Å². The Kier molecular flexibility index (Phi) is 12.7. The predicted octanol–water partition coefficient (Wildman–Crippen LogP) is -3.90. The molecule has 0 aliphatic carbocycles. The summed E-state index contributed by atoms with van der Waals surface area (Å²) in [6.07, 6.45) is 1.19. The number of carbonyl (C=O) groups excluding carboxylic acids is 1. The molecule has 0 aliphatic heterocycles. The lowest BCUT2D eigenvalue weighted by atomic mass is 10.4. The van der Waals surface area contributed by atoms with Gasteiger partial charge in [0.15, 0.2) is 11.3 Å². The lowest BCUT2D eigenvalue weighted by Gasteiger charge is -2.03. The highest BCUT2D eigenvalue weighted by Crippen LogP contribution is 2.00. The first-order valence-electron chi connectivity index (χ1n) is 8.34. The Morgan fingerprint density at radius 1 is 1.14 bits per heavy atom. The molecule has 14 nitrogen and oxygen atoms in total. The van der Waals surface area contributed by atoms with Crippen molar-refractivity contribution in [2.24, 2.45) is 24.2 Å². The molecule has 0 fully saturated rings. The quantitative estimate of drug-likeness (QED) is 0.235. The topological polar surface area (TPSA) is 222 Å². The van der Waals surface area contributed by atoms with Gasteiger partial charge >= 0.3 is 5.69 Å². The van der Waals surface area contributed by atoms with Gasteiger partial charge < -0.3 is 32.9 Å². The third kappa shape index (κ3) is 9.67. The van der Waals surface area contributed by atoms with Crippen LogP contribution in [0.15, 0.2) is 11.1 Å². The van der Waals surface area contributed by atoms with Gasteiger partial charge in [-0.3, -0.25) is 9.59 Å². The number of amides is 1. The number of carboxylic acids is 1. The normalized spacial score (nSPS) is 9.86. The molecule has 0 atom stereocenters. The summed E-state index contributed by atoms with van der Waals surface area (Å²) in [4.78, 5) is 34.9. The molecule has 2 aromatic heterocycles. The standard InChI is InChI=1S/C6H6N6O2.C6H18N4.C2H4O2/c1-11-6(14)12-2-8-3(4(7)13)5(12)9-10-11;7-1-3-9-5-6-10-4-2-8;1-2(3)4/h2H,1H3,(H2,7,13);9-10H,1-8H2;1H3,(H,3,4). The third-order valence-electron chi connectivity index (χ3n) is 2.85. The first-order valence-corrected chi connectivity index (χ1v) is 8.34. The second kappa shape index (κ2) is 14.2. The van der Waals surface area contributed by atoms with E-state index in [9.17, 15) is 9.59 Å². The zero-order valence-corrected chi connectivity index (χ0v) is 16.0. The second-order valence-electron chi connectivity index (χ2n) is 5.24. The van der Waals surface area contributed by atoms with Crippen LogP contribution in [0.2, 0.25) is 0 Å². The van der Waals surface area contributed by atoms with Crippen LogP contribution < -0.4 is 33.5 Å². The molecule has 28 heavy (non-hydrogen) atoms. The maximum Gasteiger partial charge on any atom is 0.352 e. The lowest BCUT2D eigenvalue weighted by molar-refractivity contribution is -0.134. The van der Waals surface area contributed by atoms with Crippen molar-refractivity contribution in [1.29, 1.82) is 0 Å². The number of fused-ring (bicyclic) bond motifs is 1. The number of aryl methyl sites for hydroxylation is 1. The van der Waals surface area contributed by atoms with Crippen LogP contribution >= 0.6 is 0 Å². The van der Waals surface area contributed by atoms with Gasteiger partial charge in [-0.05, 0) is 0 Å². The van der Waals surface area contributed by atoms with E-state index in [0.717, 1.165) is 42.2 Å². The van der Waals surface area contributed by atoms with Crippen LogP contribution in [0.1, 0.15) is 17.4 Å². The predicted molar refractivity (Wildman–Crippen MR) is 102 cm³/mol. The zero-order chi connectivity index (χ0) is 21.5. The molecule has 14 heteroatoms.